The van der Waals surface area contributed by atoms with Crippen LogP contribution in [0.1, 0.15) is 29.7 Å². The Morgan fingerprint density at radius 3 is 2.78 bits per heavy atom. The molecule has 1 N–H and O–H groups in total. The molecule has 0 spiro atoms. The fourth-order valence-electron chi connectivity index (χ4n) is 1.81. The van der Waals surface area contributed by atoms with E-state index in [9.17, 15) is 5.11 Å². The minimum atomic E-state index is -0.427. The van der Waals surface area contributed by atoms with Gasteiger partial charge in [-0.25, -0.2) is 0 Å². The smallest absolute Gasteiger partial charge is 0.122 e. The first kappa shape index (κ1) is 13.1. The molecule has 1 heterocycles. The highest BCUT2D eigenvalue weighted by molar-refractivity contribution is 7.07. The minimum absolute atomic E-state index is 0.427. The zero-order chi connectivity index (χ0) is 13.0. The van der Waals surface area contributed by atoms with E-state index in [1.54, 1.807) is 18.3 Å². The Morgan fingerprint density at radius 1 is 1.33 bits per heavy atom. The Bertz CT molecular complexity index is 489. The molecular formula is C15H18O2S. The van der Waals surface area contributed by atoms with Crippen LogP contribution in [0.25, 0.3) is 0 Å². The van der Waals surface area contributed by atoms with E-state index in [1.165, 1.54) is 5.56 Å². The van der Waals surface area contributed by atoms with Crippen molar-refractivity contribution in [2.24, 2.45) is 0 Å². The Labute approximate surface area is 112 Å². The van der Waals surface area contributed by atoms with Gasteiger partial charge in [0.25, 0.3) is 0 Å². The van der Waals surface area contributed by atoms with E-state index >= 15 is 0 Å². The molecule has 96 valence electrons. The lowest BCUT2D eigenvalue weighted by Crippen LogP contribution is -2.02. The van der Waals surface area contributed by atoms with Crippen LogP contribution >= 0.6 is 11.3 Å². The van der Waals surface area contributed by atoms with Gasteiger partial charge in [0.2, 0.25) is 0 Å². The fraction of sp³-hybridized carbons (Fsp3) is 0.333. The minimum Gasteiger partial charge on any atom is -0.493 e. The zero-order valence-electron chi connectivity index (χ0n) is 10.7. The number of ether oxygens (including phenoxy) is 1. The van der Waals surface area contributed by atoms with Gasteiger partial charge in [0.05, 0.1) is 12.7 Å². The molecule has 2 rings (SSSR count). The predicted molar refractivity (Wildman–Crippen MR) is 75.3 cm³/mol. The van der Waals surface area contributed by atoms with Crippen molar-refractivity contribution in [2.45, 2.75) is 26.4 Å². The third-order valence-electron chi connectivity index (χ3n) is 2.91. The molecule has 1 aromatic carbocycles. The number of rotatable bonds is 5. The molecular weight excluding hydrogens is 244 g/mol. The topological polar surface area (TPSA) is 29.5 Å². The van der Waals surface area contributed by atoms with Gasteiger partial charge in [-0.1, -0.05) is 6.07 Å². The van der Waals surface area contributed by atoms with Crippen LogP contribution in [-0.2, 0) is 6.42 Å². The molecule has 0 amide bonds. The summed E-state index contributed by atoms with van der Waals surface area (Å²) in [5, 5.41) is 13.7. The van der Waals surface area contributed by atoms with Gasteiger partial charge in [-0.15, -0.1) is 0 Å². The average molecular weight is 262 g/mol. The normalized spacial score (nSPS) is 12.4. The van der Waals surface area contributed by atoms with E-state index in [-0.39, 0.29) is 0 Å². The maximum Gasteiger partial charge on any atom is 0.122 e. The molecule has 0 saturated heterocycles. The molecule has 3 heteroatoms. The summed E-state index contributed by atoms with van der Waals surface area (Å²) in [5.41, 5.74) is 3.31. The molecule has 1 unspecified atom stereocenters. The Hall–Kier alpha value is -1.32. The fourth-order valence-corrected chi connectivity index (χ4v) is 2.51. The van der Waals surface area contributed by atoms with Crippen LogP contribution in [-0.4, -0.2) is 11.7 Å². The van der Waals surface area contributed by atoms with Crippen LogP contribution in [0.2, 0.25) is 0 Å². The van der Waals surface area contributed by atoms with Crippen molar-refractivity contribution in [3.63, 3.8) is 0 Å². The summed E-state index contributed by atoms with van der Waals surface area (Å²) in [6, 6.07) is 7.95. The number of hydrogen-bond acceptors (Lipinski definition) is 3. The third-order valence-corrected chi connectivity index (χ3v) is 3.64. The van der Waals surface area contributed by atoms with Crippen molar-refractivity contribution in [1.29, 1.82) is 0 Å². The van der Waals surface area contributed by atoms with Gasteiger partial charge in [-0.3, -0.25) is 0 Å². The van der Waals surface area contributed by atoms with Crippen LogP contribution in [0.4, 0.5) is 0 Å². The van der Waals surface area contributed by atoms with E-state index in [0.717, 1.165) is 23.3 Å². The first-order valence-electron chi connectivity index (χ1n) is 6.09. The highest BCUT2D eigenvalue weighted by Gasteiger charge is 2.05. The second kappa shape index (κ2) is 6.03. The van der Waals surface area contributed by atoms with Crippen LogP contribution in [0.3, 0.4) is 0 Å². The van der Waals surface area contributed by atoms with E-state index in [4.69, 9.17) is 4.74 Å². The second-order valence-electron chi connectivity index (χ2n) is 4.43. The summed E-state index contributed by atoms with van der Waals surface area (Å²) in [6.07, 6.45) is 0.504. The summed E-state index contributed by atoms with van der Waals surface area (Å²) < 4.78 is 5.77. The lowest BCUT2D eigenvalue weighted by molar-refractivity contribution is 0.199. The second-order valence-corrected chi connectivity index (χ2v) is 5.21. The summed E-state index contributed by atoms with van der Waals surface area (Å²) >= 11 is 1.71. The summed E-state index contributed by atoms with van der Waals surface area (Å²) in [4.78, 5) is 0. The SMILES string of the molecule is Cc1cc(C(C)O)ccc1OCCc1ccsc1. The van der Waals surface area contributed by atoms with Gasteiger partial charge in [-0.05, 0) is 59.5 Å². The Morgan fingerprint density at radius 2 is 2.17 bits per heavy atom. The maximum absolute atomic E-state index is 9.50. The molecule has 0 bridgehead atoms. The standard InChI is InChI=1S/C15H18O2S/c1-11-9-14(12(2)16)3-4-15(11)17-7-5-13-6-8-18-10-13/h3-4,6,8-10,12,16H,5,7H2,1-2H3. The number of aryl methyl sites for hydroxylation is 1. The van der Waals surface area contributed by atoms with Gasteiger partial charge in [0.15, 0.2) is 0 Å². The van der Waals surface area contributed by atoms with Gasteiger partial charge in [0.1, 0.15) is 5.75 Å². The summed E-state index contributed by atoms with van der Waals surface area (Å²) in [7, 11) is 0. The molecule has 18 heavy (non-hydrogen) atoms. The number of benzene rings is 1. The van der Waals surface area contributed by atoms with E-state index < -0.39 is 6.10 Å². The van der Waals surface area contributed by atoms with E-state index in [1.807, 2.05) is 25.1 Å². The van der Waals surface area contributed by atoms with Crippen molar-refractivity contribution >= 4 is 11.3 Å². The van der Waals surface area contributed by atoms with E-state index in [0.29, 0.717) is 6.61 Å². The molecule has 1 atom stereocenters. The van der Waals surface area contributed by atoms with Gasteiger partial charge < -0.3 is 9.84 Å². The van der Waals surface area contributed by atoms with Crippen LogP contribution in [0.5, 0.6) is 5.75 Å². The number of aliphatic hydroxyl groups is 1. The summed E-state index contributed by atoms with van der Waals surface area (Å²) in [5.74, 6) is 0.898. The van der Waals surface area contributed by atoms with Crippen molar-refractivity contribution in [3.05, 3.63) is 51.7 Å². The van der Waals surface area contributed by atoms with Crippen LogP contribution in [0.15, 0.2) is 35.0 Å². The first-order valence-corrected chi connectivity index (χ1v) is 7.03. The third kappa shape index (κ3) is 3.34. The maximum atomic E-state index is 9.50. The largest absolute Gasteiger partial charge is 0.493 e. The molecule has 1 aromatic heterocycles. The highest BCUT2D eigenvalue weighted by atomic mass is 32.1. The predicted octanol–water partition coefficient (Wildman–Crippen LogP) is 3.73. The molecule has 0 radical (unpaired) electrons. The first-order chi connectivity index (χ1) is 8.66. The number of aliphatic hydroxyl groups excluding tert-OH is 1. The highest BCUT2D eigenvalue weighted by Crippen LogP contribution is 2.22. The number of thiophene rings is 1. The average Bonchev–Trinajstić information content (AvgIpc) is 2.84. The van der Waals surface area contributed by atoms with Gasteiger partial charge >= 0.3 is 0 Å². The van der Waals surface area contributed by atoms with Crippen LogP contribution < -0.4 is 4.74 Å². The van der Waals surface area contributed by atoms with Crippen molar-refractivity contribution < 1.29 is 9.84 Å². The van der Waals surface area contributed by atoms with E-state index in [2.05, 4.69) is 16.8 Å². The molecule has 0 saturated carbocycles. The Balaban J connectivity index is 1.93. The molecule has 0 aliphatic carbocycles. The molecule has 0 fully saturated rings. The molecule has 0 aliphatic heterocycles. The van der Waals surface area contributed by atoms with Crippen molar-refractivity contribution in [3.8, 4) is 5.75 Å². The quantitative estimate of drug-likeness (QED) is 0.889. The lowest BCUT2D eigenvalue weighted by Gasteiger charge is -2.11. The number of hydrogen-bond donors (Lipinski definition) is 1. The van der Waals surface area contributed by atoms with Crippen molar-refractivity contribution in [1.82, 2.24) is 0 Å². The molecule has 2 nitrogen and oxygen atoms in total. The lowest BCUT2D eigenvalue weighted by atomic mass is 10.1. The monoisotopic (exact) mass is 262 g/mol. The summed E-state index contributed by atoms with van der Waals surface area (Å²) in [6.45, 7) is 4.46. The van der Waals surface area contributed by atoms with Crippen LogP contribution in [0, 0.1) is 6.92 Å². The Kier molecular flexibility index (Phi) is 4.39. The van der Waals surface area contributed by atoms with Gasteiger partial charge in [-0.2, -0.15) is 11.3 Å². The molecule has 2 aromatic rings. The zero-order valence-corrected chi connectivity index (χ0v) is 11.5. The van der Waals surface area contributed by atoms with Gasteiger partial charge in [0, 0.05) is 6.42 Å². The molecule has 0 aliphatic rings. The van der Waals surface area contributed by atoms with Crippen molar-refractivity contribution in [2.75, 3.05) is 6.61 Å².